The van der Waals surface area contributed by atoms with Crippen LogP contribution in [0.4, 0.5) is 0 Å². The van der Waals surface area contributed by atoms with Crippen LogP contribution < -0.4 is 5.32 Å². The molecule has 118 valence electrons. The number of nitrogens with zero attached hydrogens (tertiary/aromatic N) is 1. The molecular formula is C15H30N2O3. The summed E-state index contributed by atoms with van der Waals surface area (Å²) in [5.74, 6) is 0.799. The minimum absolute atomic E-state index is 0.0788. The number of ether oxygens (including phenoxy) is 2. The molecule has 0 radical (unpaired) electrons. The highest BCUT2D eigenvalue weighted by atomic mass is 16.5. The van der Waals surface area contributed by atoms with Crippen LogP contribution in [0.3, 0.4) is 0 Å². The van der Waals surface area contributed by atoms with E-state index in [1.807, 2.05) is 0 Å². The van der Waals surface area contributed by atoms with Crippen molar-refractivity contribution < 1.29 is 14.6 Å². The Morgan fingerprint density at radius 2 is 1.90 bits per heavy atom. The normalized spacial score (nSPS) is 27.8. The van der Waals surface area contributed by atoms with E-state index in [0.717, 1.165) is 51.5 Å². The SMILES string of the molecule is COCCOCCN(CC1CCNCC1)[C@H]1C[C@H](O)C1. The largest absolute Gasteiger partial charge is 0.393 e. The molecule has 1 saturated carbocycles. The molecule has 1 saturated heterocycles. The summed E-state index contributed by atoms with van der Waals surface area (Å²) in [5, 5.41) is 13.0. The number of aliphatic hydroxyl groups excluding tert-OH is 1. The molecular weight excluding hydrogens is 256 g/mol. The van der Waals surface area contributed by atoms with E-state index in [2.05, 4.69) is 10.2 Å². The van der Waals surface area contributed by atoms with E-state index in [1.54, 1.807) is 7.11 Å². The monoisotopic (exact) mass is 286 g/mol. The van der Waals surface area contributed by atoms with Gasteiger partial charge >= 0.3 is 0 Å². The molecule has 0 unspecified atom stereocenters. The smallest absolute Gasteiger partial charge is 0.0700 e. The molecule has 2 N–H and O–H groups in total. The maximum absolute atomic E-state index is 9.53. The summed E-state index contributed by atoms with van der Waals surface area (Å²) in [6, 6.07) is 0.561. The van der Waals surface area contributed by atoms with Crippen LogP contribution in [0, 0.1) is 5.92 Å². The molecule has 0 aromatic rings. The second kappa shape index (κ2) is 8.95. The number of rotatable bonds is 9. The second-order valence-electron chi connectivity index (χ2n) is 6.07. The van der Waals surface area contributed by atoms with Crippen LogP contribution in [0.15, 0.2) is 0 Å². The molecule has 0 aromatic carbocycles. The fourth-order valence-electron chi connectivity index (χ4n) is 3.10. The van der Waals surface area contributed by atoms with Crippen LogP contribution in [0.2, 0.25) is 0 Å². The van der Waals surface area contributed by atoms with Crippen molar-refractivity contribution in [1.82, 2.24) is 10.2 Å². The number of hydrogen-bond acceptors (Lipinski definition) is 5. The molecule has 5 nitrogen and oxygen atoms in total. The molecule has 5 heteroatoms. The van der Waals surface area contributed by atoms with Gasteiger partial charge in [0.25, 0.3) is 0 Å². The summed E-state index contributed by atoms with van der Waals surface area (Å²) in [6.07, 6.45) is 4.34. The molecule has 0 spiro atoms. The molecule has 1 aliphatic carbocycles. The van der Waals surface area contributed by atoms with Crippen molar-refractivity contribution in [1.29, 1.82) is 0 Å². The van der Waals surface area contributed by atoms with E-state index in [1.165, 1.54) is 12.8 Å². The average molecular weight is 286 g/mol. The Kier molecular flexibility index (Phi) is 7.24. The van der Waals surface area contributed by atoms with Crippen LogP contribution in [0.25, 0.3) is 0 Å². The van der Waals surface area contributed by atoms with Crippen molar-refractivity contribution in [2.75, 3.05) is 53.1 Å². The van der Waals surface area contributed by atoms with E-state index in [9.17, 15) is 5.11 Å². The minimum atomic E-state index is -0.0788. The highest BCUT2D eigenvalue weighted by Gasteiger charge is 2.33. The van der Waals surface area contributed by atoms with Crippen LogP contribution in [-0.4, -0.2) is 75.3 Å². The van der Waals surface area contributed by atoms with Crippen molar-refractivity contribution in [2.45, 2.75) is 37.8 Å². The average Bonchev–Trinajstić information content (AvgIpc) is 2.44. The third-order valence-corrected chi connectivity index (χ3v) is 4.51. The summed E-state index contributed by atoms with van der Waals surface area (Å²) < 4.78 is 10.6. The molecule has 0 bridgehead atoms. The third-order valence-electron chi connectivity index (χ3n) is 4.51. The lowest BCUT2D eigenvalue weighted by molar-refractivity contribution is -0.0214. The first-order chi connectivity index (χ1) is 9.79. The Balaban J connectivity index is 1.69. The van der Waals surface area contributed by atoms with Gasteiger partial charge in [-0.05, 0) is 44.7 Å². The molecule has 1 aliphatic heterocycles. The van der Waals surface area contributed by atoms with E-state index < -0.39 is 0 Å². The Bertz CT molecular complexity index is 254. The van der Waals surface area contributed by atoms with Gasteiger partial charge < -0.3 is 19.9 Å². The Hall–Kier alpha value is -0.200. The molecule has 2 rings (SSSR count). The lowest BCUT2D eigenvalue weighted by Crippen LogP contribution is -2.50. The first-order valence-corrected chi connectivity index (χ1v) is 7.99. The van der Waals surface area contributed by atoms with Crippen LogP contribution in [-0.2, 0) is 9.47 Å². The summed E-state index contributed by atoms with van der Waals surface area (Å²) in [4.78, 5) is 2.54. The maximum atomic E-state index is 9.53. The van der Waals surface area contributed by atoms with Gasteiger partial charge in [-0.25, -0.2) is 0 Å². The van der Waals surface area contributed by atoms with Gasteiger partial charge in [-0.3, -0.25) is 4.90 Å². The van der Waals surface area contributed by atoms with Gasteiger partial charge in [-0.15, -0.1) is 0 Å². The second-order valence-corrected chi connectivity index (χ2v) is 6.07. The van der Waals surface area contributed by atoms with E-state index >= 15 is 0 Å². The number of aliphatic hydroxyl groups is 1. The molecule has 2 aliphatic rings. The Morgan fingerprint density at radius 3 is 2.55 bits per heavy atom. The van der Waals surface area contributed by atoms with Crippen molar-refractivity contribution in [3.05, 3.63) is 0 Å². The lowest BCUT2D eigenvalue weighted by atomic mass is 9.86. The molecule has 2 fully saturated rings. The van der Waals surface area contributed by atoms with Crippen molar-refractivity contribution in [3.63, 3.8) is 0 Å². The fraction of sp³-hybridized carbons (Fsp3) is 1.00. The highest BCUT2D eigenvalue weighted by Crippen LogP contribution is 2.27. The Morgan fingerprint density at radius 1 is 1.15 bits per heavy atom. The molecule has 1 heterocycles. The predicted molar refractivity (Wildman–Crippen MR) is 78.9 cm³/mol. The summed E-state index contributed by atoms with van der Waals surface area (Å²) in [6.45, 7) is 6.53. The van der Waals surface area contributed by atoms with E-state index in [4.69, 9.17) is 9.47 Å². The standard InChI is InChI=1S/C15H30N2O3/c1-19-8-9-20-7-6-17(14-10-15(18)11-14)12-13-2-4-16-5-3-13/h13-16,18H,2-12H2,1H3/t14-,15-. The molecule has 0 aromatic heterocycles. The van der Waals surface area contributed by atoms with Gasteiger partial charge in [-0.1, -0.05) is 0 Å². The topological polar surface area (TPSA) is 54.0 Å². The number of methoxy groups -OCH3 is 1. The van der Waals surface area contributed by atoms with Crippen molar-refractivity contribution in [2.24, 2.45) is 5.92 Å². The maximum Gasteiger partial charge on any atom is 0.0700 e. The van der Waals surface area contributed by atoms with Gasteiger partial charge in [0.1, 0.15) is 0 Å². The van der Waals surface area contributed by atoms with Gasteiger partial charge in [0, 0.05) is 26.2 Å². The fourth-order valence-corrected chi connectivity index (χ4v) is 3.10. The van der Waals surface area contributed by atoms with Crippen molar-refractivity contribution >= 4 is 0 Å². The van der Waals surface area contributed by atoms with E-state index in [0.29, 0.717) is 19.3 Å². The zero-order valence-corrected chi connectivity index (χ0v) is 12.7. The summed E-state index contributed by atoms with van der Waals surface area (Å²) in [7, 11) is 1.70. The first-order valence-electron chi connectivity index (χ1n) is 7.99. The summed E-state index contributed by atoms with van der Waals surface area (Å²) >= 11 is 0. The minimum Gasteiger partial charge on any atom is -0.393 e. The Labute approximate surface area is 122 Å². The van der Waals surface area contributed by atoms with Crippen molar-refractivity contribution in [3.8, 4) is 0 Å². The lowest BCUT2D eigenvalue weighted by Gasteiger charge is -2.42. The van der Waals surface area contributed by atoms with Gasteiger partial charge in [0.05, 0.1) is 25.9 Å². The summed E-state index contributed by atoms with van der Waals surface area (Å²) in [5.41, 5.74) is 0. The molecule has 0 amide bonds. The molecule has 20 heavy (non-hydrogen) atoms. The van der Waals surface area contributed by atoms with Crippen LogP contribution >= 0.6 is 0 Å². The zero-order chi connectivity index (χ0) is 14.2. The first kappa shape index (κ1) is 16.2. The van der Waals surface area contributed by atoms with Crippen LogP contribution in [0.1, 0.15) is 25.7 Å². The van der Waals surface area contributed by atoms with Gasteiger partial charge in [-0.2, -0.15) is 0 Å². The van der Waals surface area contributed by atoms with Crippen LogP contribution in [0.5, 0.6) is 0 Å². The number of hydrogen-bond donors (Lipinski definition) is 2. The van der Waals surface area contributed by atoms with Gasteiger partial charge in [0.15, 0.2) is 0 Å². The quantitative estimate of drug-likeness (QED) is 0.604. The van der Waals surface area contributed by atoms with Gasteiger partial charge in [0.2, 0.25) is 0 Å². The number of nitrogens with one attached hydrogen (secondary N) is 1. The highest BCUT2D eigenvalue weighted by molar-refractivity contribution is 4.88. The molecule has 0 atom stereocenters. The predicted octanol–water partition coefficient (Wildman–Crippen LogP) is 0.474. The van der Waals surface area contributed by atoms with E-state index in [-0.39, 0.29) is 6.10 Å². The number of piperidine rings is 1. The third kappa shape index (κ3) is 5.30. The zero-order valence-electron chi connectivity index (χ0n) is 12.7.